The van der Waals surface area contributed by atoms with Crippen LogP contribution in [-0.2, 0) is 14.8 Å². The first-order chi connectivity index (χ1) is 10.8. The number of nitrogens with one attached hydrogen (secondary N) is 1. The van der Waals surface area contributed by atoms with Crippen molar-refractivity contribution in [3.05, 3.63) is 58.1 Å². The average molecular weight is 398 g/mol. The van der Waals surface area contributed by atoms with Gasteiger partial charge in [-0.2, -0.15) is 0 Å². The van der Waals surface area contributed by atoms with Crippen LogP contribution in [0.15, 0.2) is 51.8 Å². The molecule has 7 heteroatoms. The molecule has 0 amide bonds. The van der Waals surface area contributed by atoms with Gasteiger partial charge in [0.2, 0.25) is 0 Å². The number of hydrogen-bond acceptors (Lipinski definition) is 4. The van der Waals surface area contributed by atoms with Gasteiger partial charge in [-0.05, 0) is 49.7 Å². The number of rotatable bonds is 5. The Morgan fingerprint density at radius 2 is 1.91 bits per heavy atom. The van der Waals surface area contributed by atoms with Crippen molar-refractivity contribution in [1.29, 1.82) is 0 Å². The third-order valence-corrected chi connectivity index (χ3v) is 5.36. The van der Waals surface area contributed by atoms with E-state index in [1.165, 1.54) is 18.2 Å². The number of sulfonamides is 1. The fourth-order valence-corrected chi connectivity index (χ4v) is 3.36. The van der Waals surface area contributed by atoms with E-state index < -0.39 is 16.0 Å². The molecule has 0 saturated heterocycles. The van der Waals surface area contributed by atoms with E-state index in [1.54, 1.807) is 38.1 Å². The first kappa shape index (κ1) is 17.5. The number of carbonyl (C=O) groups is 1. The number of anilines is 1. The Morgan fingerprint density at radius 3 is 2.57 bits per heavy atom. The molecule has 2 aromatic carbocycles. The second-order valence-corrected chi connectivity index (χ2v) is 7.32. The van der Waals surface area contributed by atoms with E-state index in [9.17, 15) is 13.2 Å². The highest BCUT2D eigenvalue weighted by atomic mass is 79.9. The molecule has 1 N–H and O–H groups in total. The van der Waals surface area contributed by atoms with Crippen molar-refractivity contribution in [2.24, 2.45) is 0 Å². The number of esters is 1. The Hall–Kier alpha value is -1.86. The summed E-state index contributed by atoms with van der Waals surface area (Å²) in [7, 11) is -3.80. The van der Waals surface area contributed by atoms with Crippen LogP contribution in [0.1, 0.15) is 22.8 Å². The van der Waals surface area contributed by atoms with Gasteiger partial charge in [-0.15, -0.1) is 0 Å². The van der Waals surface area contributed by atoms with Crippen molar-refractivity contribution in [3.63, 3.8) is 0 Å². The molecule has 2 aromatic rings. The van der Waals surface area contributed by atoms with Gasteiger partial charge in [-0.25, -0.2) is 13.2 Å². The zero-order valence-electron chi connectivity index (χ0n) is 12.7. The first-order valence-corrected chi connectivity index (χ1v) is 9.18. The molecule has 122 valence electrons. The minimum absolute atomic E-state index is 0.122. The second kappa shape index (κ2) is 7.14. The lowest BCUT2D eigenvalue weighted by atomic mass is 10.2. The maximum absolute atomic E-state index is 12.5. The van der Waals surface area contributed by atoms with Crippen molar-refractivity contribution >= 4 is 37.6 Å². The van der Waals surface area contributed by atoms with E-state index >= 15 is 0 Å². The molecule has 0 unspecified atom stereocenters. The highest BCUT2D eigenvalue weighted by molar-refractivity contribution is 9.10. The number of carbonyl (C=O) groups excluding carboxylic acids is 1. The lowest BCUT2D eigenvalue weighted by Crippen LogP contribution is -2.16. The Morgan fingerprint density at radius 1 is 1.22 bits per heavy atom. The van der Waals surface area contributed by atoms with Gasteiger partial charge in [-0.1, -0.05) is 28.1 Å². The van der Waals surface area contributed by atoms with Gasteiger partial charge in [0.25, 0.3) is 10.0 Å². The van der Waals surface area contributed by atoms with Crippen LogP contribution in [0.25, 0.3) is 0 Å². The van der Waals surface area contributed by atoms with Gasteiger partial charge < -0.3 is 4.74 Å². The number of aryl methyl sites for hydroxylation is 1. The molecule has 0 fully saturated rings. The predicted molar refractivity (Wildman–Crippen MR) is 92.1 cm³/mol. The normalized spacial score (nSPS) is 11.1. The lowest BCUT2D eigenvalue weighted by Gasteiger charge is -2.12. The topological polar surface area (TPSA) is 72.5 Å². The molecule has 0 saturated carbocycles. The highest BCUT2D eigenvalue weighted by Crippen LogP contribution is 2.24. The molecule has 0 aliphatic rings. The Bertz CT molecular complexity index is 834. The summed E-state index contributed by atoms with van der Waals surface area (Å²) in [6, 6.07) is 11.0. The average Bonchev–Trinajstić information content (AvgIpc) is 2.50. The third-order valence-electron chi connectivity index (χ3n) is 3.11. The van der Waals surface area contributed by atoms with Gasteiger partial charge in [0.15, 0.2) is 0 Å². The SMILES string of the molecule is CCOC(=O)c1ccccc1NS(=O)(=O)c1ccc(Br)c(C)c1. The van der Waals surface area contributed by atoms with E-state index in [1.807, 2.05) is 0 Å². The van der Waals surface area contributed by atoms with Crippen molar-refractivity contribution in [3.8, 4) is 0 Å². The molecule has 0 atom stereocenters. The molecular formula is C16H16BrNO4S. The van der Waals surface area contributed by atoms with E-state index in [0.29, 0.717) is 0 Å². The van der Waals surface area contributed by atoms with Crippen LogP contribution in [0, 0.1) is 6.92 Å². The summed E-state index contributed by atoms with van der Waals surface area (Å²) < 4.78 is 33.3. The monoisotopic (exact) mass is 397 g/mol. The Balaban J connectivity index is 2.38. The summed E-state index contributed by atoms with van der Waals surface area (Å²) in [5.74, 6) is -0.571. The molecule has 0 aromatic heterocycles. The molecule has 0 aliphatic carbocycles. The summed E-state index contributed by atoms with van der Waals surface area (Å²) in [4.78, 5) is 12.0. The van der Waals surface area contributed by atoms with Crippen LogP contribution in [0.3, 0.4) is 0 Å². The predicted octanol–water partition coefficient (Wildman–Crippen LogP) is 3.74. The van der Waals surface area contributed by atoms with Crippen molar-refractivity contribution in [1.82, 2.24) is 0 Å². The Kier molecular flexibility index (Phi) is 5.43. The quantitative estimate of drug-likeness (QED) is 0.779. The molecule has 0 aliphatic heterocycles. The summed E-state index contributed by atoms with van der Waals surface area (Å²) >= 11 is 3.33. The second-order valence-electron chi connectivity index (χ2n) is 4.78. The van der Waals surface area contributed by atoms with Crippen LogP contribution in [0.5, 0.6) is 0 Å². The summed E-state index contributed by atoms with van der Waals surface area (Å²) in [6.07, 6.45) is 0. The standard InChI is InChI=1S/C16H16BrNO4S/c1-3-22-16(19)13-6-4-5-7-15(13)18-23(20,21)12-8-9-14(17)11(2)10-12/h4-10,18H,3H2,1-2H3. The fraction of sp³-hybridized carbons (Fsp3) is 0.188. The molecule has 0 bridgehead atoms. The number of ether oxygens (including phenoxy) is 1. The van der Waals surface area contributed by atoms with E-state index in [0.717, 1.165) is 10.0 Å². The molecular weight excluding hydrogens is 382 g/mol. The van der Waals surface area contributed by atoms with Gasteiger partial charge in [0.1, 0.15) is 0 Å². The van der Waals surface area contributed by atoms with Crippen LogP contribution >= 0.6 is 15.9 Å². The summed E-state index contributed by atoms with van der Waals surface area (Å²) in [6.45, 7) is 3.71. The summed E-state index contributed by atoms with van der Waals surface area (Å²) in [5.41, 5.74) is 1.16. The number of halogens is 1. The van der Waals surface area contributed by atoms with Gasteiger partial charge >= 0.3 is 5.97 Å². The van der Waals surface area contributed by atoms with Gasteiger partial charge in [-0.3, -0.25) is 4.72 Å². The lowest BCUT2D eigenvalue weighted by molar-refractivity contribution is 0.0527. The molecule has 0 spiro atoms. The fourth-order valence-electron chi connectivity index (χ4n) is 1.95. The first-order valence-electron chi connectivity index (χ1n) is 6.90. The van der Waals surface area contributed by atoms with Crippen LogP contribution in [-0.4, -0.2) is 21.0 Å². The smallest absolute Gasteiger partial charge is 0.340 e. The van der Waals surface area contributed by atoms with Gasteiger partial charge in [0, 0.05) is 4.47 Å². The van der Waals surface area contributed by atoms with E-state index in [-0.39, 0.29) is 22.8 Å². The van der Waals surface area contributed by atoms with Crippen molar-refractivity contribution < 1.29 is 17.9 Å². The maximum Gasteiger partial charge on any atom is 0.340 e. The Labute approximate surface area is 143 Å². The molecule has 2 rings (SSSR count). The van der Waals surface area contributed by atoms with Crippen LogP contribution in [0.4, 0.5) is 5.69 Å². The van der Waals surface area contributed by atoms with Gasteiger partial charge in [0.05, 0.1) is 22.8 Å². The number of benzene rings is 2. The third kappa shape index (κ3) is 4.11. The van der Waals surface area contributed by atoms with Crippen molar-refractivity contribution in [2.45, 2.75) is 18.7 Å². The van der Waals surface area contributed by atoms with Crippen LogP contribution < -0.4 is 4.72 Å². The van der Waals surface area contributed by atoms with Crippen LogP contribution in [0.2, 0.25) is 0 Å². The zero-order valence-corrected chi connectivity index (χ0v) is 15.1. The number of hydrogen-bond donors (Lipinski definition) is 1. The van der Waals surface area contributed by atoms with E-state index in [4.69, 9.17) is 4.74 Å². The molecule has 0 radical (unpaired) electrons. The molecule has 0 heterocycles. The number of para-hydroxylation sites is 1. The van der Waals surface area contributed by atoms with Crippen molar-refractivity contribution in [2.75, 3.05) is 11.3 Å². The zero-order chi connectivity index (χ0) is 17.0. The maximum atomic E-state index is 12.5. The minimum Gasteiger partial charge on any atom is -0.462 e. The van der Waals surface area contributed by atoms with E-state index in [2.05, 4.69) is 20.7 Å². The molecule has 23 heavy (non-hydrogen) atoms. The largest absolute Gasteiger partial charge is 0.462 e. The minimum atomic E-state index is -3.80. The highest BCUT2D eigenvalue weighted by Gasteiger charge is 2.19. The summed E-state index contributed by atoms with van der Waals surface area (Å²) in [5, 5.41) is 0. The molecule has 5 nitrogen and oxygen atoms in total.